The average Bonchev–Trinajstić information content (AvgIpc) is 2.63. The Kier molecular flexibility index (Phi) is 5.56. The van der Waals surface area contributed by atoms with Crippen molar-refractivity contribution >= 4 is 6.09 Å². The van der Waals surface area contributed by atoms with E-state index in [4.69, 9.17) is 4.74 Å². The second-order valence-corrected chi connectivity index (χ2v) is 8.30. The second-order valence-electron chi connectivity index (χ2n) is 8.30. The third-order valence-corrected chi connectivity index (χ3v) is 4.76. The van der Waals surface area contributed by atoms with Crippen molar-refractivity contribution < 1.29 is 14.6 Å². The van der Waals surface area contributed by atoms with E-state index in [9.17, 15) is 14.7 Å². The normalized spacial score (nSPS) is 16.6. The molecule has 0 unspecified atom stereocenters. The standard InChI is InChI=1S/C21H27N3O4/c1-20(2,3)28-19(26)23-11-9-21(27,10-12-23)14-24-15-22-17(13-18(24)25)16-7-5-4-6-8-16/h4-8,13,15,27H,9-12,14H2,1-3H3. The zero-order valence-electron chi connectivity index (χ0n) is 16.6. The fraction of sp³-hybridized carbons (Fsp3) is 0.476. The van der Waals surface area contributed by atoms with Gasteiger partial charge in [0.2, 0.25) is 0 Å². The summed E-state index contributed by atoms with van der Waals surface area (Å²) in [5.74, 6) is 0. The lowest BCUT2D eigenvalue weighted by Gasteiger charge is -2.38. The molecule has 1 aliphatic rings. The minimum Gasteiger partial charge on any atom is -0.444 e. The number of amides is 1. The summed E-state index contributed by atoms with van der Waals surface area (Å²) in [7, 11) is 0. The molecule has 150 valence electrons. The lowest BCUT2D eigenvalue weighted by Crippen LogP contribution is -2.50. The van der Waals surface area contributed by atoms with Crippen molar-refractivity contribution in [1.82, 2.24) is 14.5 Å². The van der Waals surface area contributed by atoms with Crippen molar-refractivity contribution in [2.45, 2.75) is 51.4 Å². The Hall–Kier alpha value is -2.67. The Balaban J connectivity index is 1.64. The molecule has 1 amide bonds. The molecule has 2 heterocycles. The topological polar surface area (TPSA) is 84.7 Å². The summed E-state index contributed by atoms with van der Waals surface area (Å²) in [5, 5.41) is 10.9. The number of hydrogen-bond acceptors (Lipinski definition) is 5. The zero-order valence-corrected chi connectivity index (χ0v) is 16.6. The van der Waals surface area contributed by atoms with Crippen LogP contribution < -0.4 is 5.56 Å². The van der Waals surface area contributed by atoms with Gasteiger partial charge in [0, 0.05) is 24.7 Å². The largest absolute Gasteiger partial charge is 0.444 e. The monoisotopic (exact) mass is 385 g/mol. The van der Waals surface area contributed by atoms with Crippen LogP contribution in [0.3, 0.4) is 0 Å². The Morgan fingerprint density at radius 1 is 1.21 bits per heavy atom. The number of aromatic nitrogens is 2. The van der Waals surface area contributed by atoms with Crippen LogP contribution in [0.1, 0.15) is 33.6 Å². The van der Waals surface area contributed by atoms with Crippen LogP contribution in [0.5, 0.6) is 0 Å². The van der Waals surface area contributed by atoms with Crippen molar-refractivity contribution in [2.75, 3.05) is 13.1 Å². The molecular formula is C21H27N3O4. The Morgan fingerprint density at radius 2 is 1.86 bits per heavy atom. The van der Waals surface area contributed by atoms with Crippen LogP contribution in [0.2, 0.25) is 0 Å². The molecule has 0 saturated carbocycles. The van der Waals surface area contributed by atoms with Crippen LogP contribution in [0, 0.1) is 0 Å². The van der Waals surface area contributed by atoms with E-state index in [0.29, 0.717) is 31.6 Å². The molecule has 0 atom stereocenters. The van der Waals surface area contributed by atoms with Gasteiger partial charge in [0.1, 0.15) is 5.60 Å². The molecule has 1 aromatic heterocycles. The minimum absolute atomic E-state index is 0.149. The van der Waals surface area contributed by atoms with Crippen molar-refractivity contribution in [3.05, 3.63) is 53.1 Å². The van der Waals surface area contributed by atoms with Gasteiger partial charge in [-0.15, -0.1) is 0 Å². The van der Waals surface area contributed by atoms with E-state index in [1.165, 1.54) is 17.0 Å². The molecule has 7 heteroatoms. The number of piperidine rings is 1. The first kappa shape index (κ1) is 20.1. The van der Waals surface area contributed by atoms with Crippen molar-refractivity contribution in [2.24, 2.45) is 0 Å². The van der Waals surface area contributed by atoms with Gasteiger partial charge >= 0.3 is 6.09 Å². The number of aliphatic hydroxyl groups is 1. The summed E-state index contributed by atoms with van der Waals surface area (Å²) < 4.78 is 6.80. The van der Waals surface area contributed by atoms with E-state index in [2.05, 4.69) is 4.98 Å². The van der Waals surface area contributed by atoms with Gasteiger partial charge in [0.15, 0.2) is 0 Å². The molecule has 0 radical (unpaired) electrons. The molecule has 1 N–H and O–H groups in total. The molecule has 1 fully saturated rings. The van der Waals surface area contributed by atoms with Crippen LogP contribution in [0.4, 0.5) is 4.79 Å². The molecule has 0 spiro atoms. The van der Waals surface area contributed by atoms with Gasteiger partial charge in [-0.2, -0.15) is 0 Å². The molecule has 1 saturated heterocycles. The van der Waals surface area contributed by atoms with Gasteiger partial charge in [0.25, 0.3) is 5.56 Å². The molecule has 1 aliphatic heterocycles. The highest BCUT2D eigenvalue weighted by atomic mass is 16.6. The average molecular weight is 385 g/mol. The van der Waals surface area contributed by atoms with E-state index in [-0.39, 0.29) is 18.2 Å². The van der Waals surface area contributed by atoms with Gasteiger partial charge in [-0.3, -0.25) is 9.36 Å². The van der Waals surface area contributed by atoms with Crippen LogP contribution in [0.25, 0.3) is 11.3 Å². The highest BCUT2D eigenvalue weighted by Gasteiger charge is 2.36. The SMILES string of the molecule is CC(C)(C)OC(=O)N1CCC(O)(Cn2cnc(-c3ccccc3)cc2=O)CC1. The van der Waals surface area contributed by atoms with Crippen molar-refractivity contribution in [1.29, 1.82) is 0 Å². The molecule has 0 aliphatic carbocycles. The molecule has 1 aromatic carbocycles. The molecule has 2 aromatic rings. The van der Waals surface area contributed by atoms with E-state index in [0.717, 1.165) is 5.56 Å². The van der Waals surface area contributed by atoms with Gasteiger partial charge in [-0.05, 0) is 33.6 Å². The van der Waals surface area contributed by atoms with E-state index in [1.807, 2.05) is 51.1 Å². The van der Waals surface area contributed by atoms with Crippen molar-refractivity contribution in [3.8, 4) is 11.3 Å². The van der Waals surface area contributed by atoms with Gasteiger partial charge in [-0.1, -0.05) is 30.3 Å². The fourth-order valence-electron chi connectivity index (χ4n) is 3.22. The summed E-state index contributed by atoms with van der Waals surface area (Å²) >= 11 is 0. The molecule has 28 heavy (non-hydrogen) atoms. The summed E-state index contributed by atoms with van der Waals surface area (Å²) in [6.07, 6.45) is 1.85. The van der Waals surface area contributed by atoms with Crippen LogP contribution in [-0.4, -0.2) is 49.9 Å². The Bertz CT molecular complexity index is 879. The van der Waals surface area contributed by atoms with Gasteiger partial charge in [0.05, 0.1) is 24.2 Å². The second kappa shape index (κ2) is 7.75. The first-order valence-corrected chi connectivity index (χ1v) is 9.47. The first-order valence-electron chi connectivity index (χ1n) is 9.47. The summed E-state index contributed by atoms with van der Waals surface area (Å²) in [5.41, 5.74) is -0.343. The number of nitrogens with zero attached hydrogens (tertiary/aromatic N) is 3. The van der Waals surface area contributed by atoms with Gasteiger partial charge < -0.3 is 14.7 Å². The smallest absolute Gasteiger partial charge is 0.410 e. The molecule has 0 bridgehead atoms. The third-order valence-electron chi connectivity index (χ3n) is 4.76. The zero-order chi connectivity index (χ0) is 20.4. The lowest BCUT2D eigenvalue weighted by molar-refractivity contribution is -0.0420. The van der Waals surface area contributed by atoms with Crippen LogP contribution in [0.15, 0.2) is 47.5 Å². The molecule has 7 nitrogen and oxygen atoms in total. The summed E-state index contributed by atoms with van der Waals surface area (Å²) in [6.45, 7) is 6.39. The maximum atomic E-state index is 12.5. The third kappa shape index (κ3) is 4.98. The number of carbonyl (C=O) groups is 1. The number of carbonyl (C=O) groups excluding carboxylic acids is 1. The maximum Gasteiger partial charge on any atom is 0.410 e. The van der Waals surface area contributed by atoms with E-state index in [1.54, 1.807) is 4.90 Å². The van der Waals surface area contributed by atoms with Gasteiger partial charge in [-0.25, -0.2) is 9.78 Å². The highest BCUT2D eigenvalue weighted by molar-refractivity contribution is 5.68. The first-order chi connectivity index (χ1) is 13.2. The summed E-state index contributed by atoms with van der Waals surface area (Å²) in [4.78, 5) is 30.6. The van der Waals surface area contributed by atoms with E-state index >= 15 is 0 Å². The maximum absolute atomic E-state index is 12.5. The Labute approximate surface area is 164 Å². The Morgan fingerprint density at radius 3 is 2.43 bits per heavy atom. The van der Waals surface area contributed by atoms with E-state index < -0.39 is 11.2 Å². The quantitative estimate of drug-likeness (QED) is 0.878. The van der Waals surface area contributed by atoms with Crippen LogP contribution >= 0.6 is 0 Å². The highest BCUT2D eigenvalue weighted by Crippen LogP contribution is 2.25. The number of rotatable bonds is 3. The molecular weight excluding hydrogens is 358 g/mol. The molecule has 3 rings (SSSR count). The number of ether oxygens (including phenoxy) is 1. The minimum atomic E-state index is -1.06. The number of likely N-dealkylation sites (tertiary alicyclic amines) is 1. The van der Waals surface area contributed by atoms with Crippen LogP contribution in [-0.2, 0) is 11.3 Å². The number of benzene rings is 1. The fourth-order valence-corrected chi connectivity index (χ4v) is 3.22. The van der Waals surface area contributed by atoms with Crippen molar-refractivity contribution in [3.63, 3.8) is 0 Å². The predicted octanol–water partition coefficient (Wildman–Crippen LogP) is 2.67. The summed E-state index contributed by atoms with van der Waals surface area (Å²) in [6, 6.07) is 11.0. The number of hydrogen-bond donors (Lipinski definition) is 1. The lowest BCUT2D eigenvalue weighted by atomic mass is 9.91. The predicted molar refractivity (Wildman–Crippen MR) is 106 cm³/mol.